The highest BCUT2D eigenvalue weighted by Crippen LogP contribution is 2.34. The maximum atomic E-state index is 12.7. The molecule has 27 heavy (non-hydrogen) atoms. The molecule has 0 aliphatic carbocycles. The Labute approximate surface area is 161 Å². The predicted molar refractivity (Wildman–Crippen MR) is 107 cm³/mol. The molecule has 3 aromatic rings. The monoisotopic (exact) mass is 384 g/mol. The Bertz CT molecular complexity index is 854. The zero-order valence-electron chi connectivity index (χ0n) is 14.6. The largest absolute Gasteiger partial charge is 0.416 e. The maximum Gasteiger partial charge on any atom is 0.416 e. The van der Waals surface area contributed by atoms with Crippen molar-refractivity contribution in [2.45, 2.75) is 17.2 Å². The lowest BCUT2D eigenvalue weighted by molar-refractivity contribution is -0.137. The molecule has 0 fully saturated rings. The Balaban J connectivity index is 1.73. The van der Waals surface area contributed by atoms with Gasteiger partial charge in [-0.15, -0.1) is 11.8 Å². The van der Waals surface area contributed by atoms with Gasteiger partial charge in [0.1, 0.15) is 0 Å². The van der Waals surface area contributed by atoms with E-state index in [1.807, 2.05) is 48.5 Å². The van der Waals surface area contributed by atoms with Gasteiger partial charge in [-0.2, -0.15) is 13.2 Å². The van der Waals surface area contributed by atoms with Crippen LogP contribution in [0.3, 0.4) is 0 Å². The molecule has 0 aromatic heterocycles. The van der Waals surface area contributed by atoms with Crippen molar-refractivity contribution in [3.8, 4) is 0 Å². The summed E-state index contributed by atoms with van der Waals surface area (Å²) >= 11 is 1.69. The summed E-state index contributed by atoms with van der Waals surface area (Å²) in [6.07, 6.45) is -0.0759. The molecule has 0 spiro atoms. The molecule has 0 nitrogen and oxygen atoms in total. The third-order valence-corrected chi connectivity index (χ3v) is 5.39. The molecule has 0 amide bonds. The van der Waals surface area contributed by atoms with Gasteiger partial charge in [0.2, 0.25) is 0 Å². The van der Waals surface area contributed by atoms with Gasteiger partial charge in [-0.3, -0.25) is 0 Å². The number of hydrogen-bond donors (Lipinski definition) is 0. The van der Waals surface area contributed by atoms with E-state index in [0.717, 1.165) is 23.3 Å². The van der Waals surface area contributed by atoms with Gasteiger partial charge in [0.15, 0.2) is 0 Å². The fourth-order valence-corrected chi connectivity index (χ4v) is 3.75. The minimum absolute atomic E-state index is 0.119. The second-order valence-corrected chi connectivity index (χ2v) is 7.24. The molecule has 4 heteroatoms. The minimum Gasteiger partial charge on any atom is -0.166 e. The van der Waals surface area contributed by atoms with E-state index in [2.05, 4.69) is 24.3 Å². The van der Waals surface area contributed by atoms with Crippen LogP contribution >= 0.6 is 11.8 Å². The summed E-state index contributed by atoms with van der Waals surface area (Å²) in [5.41, 5.74) is 2.55. The van der Waals surface area contributed by atoms with Gasteiger partial charge < -0.3 is 0 Å². The summed E-state index contributed by atoms with van der Waals surface area (Å²) < 4.78 is 38.1. The molecule has 0 radical (unpaired) electrons. The average Bonchev–Trinajstić information content (AvgIpc) is 2.69. The SMILES string of the molecule is FC(F)(F)c1ccc(CSC(/C=C/c2ccccc2)c2ccccc2)cc1. The Kier molecular flexibility index (Phi) is 6.40. The highest BCUT2D eigenvalue weighted by molar-refractivity contribution is 7.98. The van der Waals surface area contributed by atoms with Crippen molar-refractivity contribution in [2.75, 3.05) is 0 Å². The number of hydrogen-bond acceptors (Lipinski definition) is 1. The van der Waals surface area contributed by atoms with Crippen LogP contribution in [0.4, 0.5) is 13.2 Å². The number of alkyl halides is 3. The van der Waals surface area contributed by atoms with E-state index >= 15 is 0 Å². The Morgan fingerprint density at radius 2 is 1.37 bits per heavy atom. The fraction of sp³-hybridized carbons (Fsp3) is 0.130. The number of thioether (sulfide) groups is 1. The quantitative estimate of drug-likeness (QED) is 0.427. The first-order valence-corrected chi connectivity index (χ1v) is 9.63. The summed E-state index contributed by atoms with van der Waals surface area (Å²) in [5, 5.41) is 0.119. The second kappa shape index (κ2) is 8.96. The molecule has 0 saturated heterocycles. The van der Waals surface area contributed by atoms with Crippen LogP contribution < -0.4 is 0 Å². The zero-order valence-corrected chi connectivity index (χ0v) is 15.4. The van der Waals surface area contributed by atoms with E-state index < -0.39 is 11.7 Å². The molecule has 1 atom stereocenters. The van der Waals surface area contributed by atoms with Gasteiger partial charge in [-0.05, 0) is 28.8 Å². The van der Waals surface area contributed by atoms with Crippen LogP contribution in [0.5, 0.6) is 0 Å². The van der Waals surface area contributed by atoms with E-state index in [0.29, 0.717) is 5.75 Å². The molecular formula is C23H19F3S. The van der Waals surface area contributed by atoms with E-state index in [4.69, 9.17) is 0 Å². The molecule has 138 valence electrons. The molecule has 0 bridgehead atoms. The molecule has 3 rings (SSSR count). The summed E-state index contributed by atoms with van der Waals surface area (Å²) in [6, 6.07) is 25.6. The zero-order chi connectivity index (χ0) is 19.1. The van der Waals surface area contributed by atoms with Crippen molar-refractivity contribution < 1.29 is 13.2 Å². The van der Waals surface area contributed by atoms with Crippen molar-refractivity contribution in [2.24, 2.45) is 0 Å². The Hall–Kier alpha value is -2.46. The van der Waals surface area contributed by atoms with Gasteiger partial charge in [0, 0.05) is 11.0 Å². The predicted octanol–water partition coefficient (Wildman–Crippen LogP) is 7.39. The molecule has 0 saturated carbocycles. The van der Waals surface area contributed by atoms with Crippen molar-refractivity contribution >= 4 is 17.8 Å². The lowest BCUT2D eigenvalue weighted by Crippen LogP contribution is -2.04. The van der Waals surface area contributed by atoms with E-state index in [1.54, 1.807) is 23.9 Å². The van der Waals surface area contributed by atoms with Crippen molar-refractivity contribution in [1.82, 2.24) is 0 Å². The first-order chi connectivity index (χ1) is 13.0. The smallest absolute Gasteiger partial charge is 0.166 e. The highest BCUT2D eigenvalue weighted by atomic mass is 32.2. The van der Waals surface area contributed by atoms with E-state index in [-0.39, 0.29) is 5.25 Å². The number of halogens is 3. The summed E-state index contributed by atoms with van der Waals surface area (Å²) in [7, 11) is 0. The van der Waals surface area contributed by atoms with E-state index in [1.165, 1.54) is 5.56 Å². The lowest BCUT2D eigenvalue weighted by atomic mass is 10.1. The maximum absolute atomic E-state index is 12.7. The Morgan fingerprint density at radius 3 is 1.96 bits per heavy atom. The van der Waals surface area contributed by atoms with Crippen molar-refractivity contribution in [3.05, 3.63) is 113 Å². The van der Waals surface area contributed by atoms with Gasteiger partial charge in [0.25, 0.3) is 0 Å². The third kappa shape index (κ3) is 5.76. The second-order valence-electron chi connectivity index (χ2n) is 6.11. The molecule has 0 aliphatic heterocycles. The van der Waals surface area contributed by atoms with Gasteiger partial charge in [-0.25, -0.2) is 0 Å². The van der Waals surface area contributed by atoms with Crippen molar-refractivity contribution in [1.29, 1.82) is 0 Å². The molecule has 0 heterocycles. The van der Waals surface area contributed by atoms with Crippen LogP contribution in [0.1, 0.15) is 27.5 Å². The molecule has 1 unspecified atom stereocenters. The van der Waals surface area contributed by atoms with Crippen LogP contribution in [0, 0.1) is 0 Å². The fourth-order valence-electron chi connectivity index (χ4n) is 2.64. The van der Waals surface area contributed by atoms with Gasteiger partial charge in [0.05, 0.1) is 5.56 Å². The number of benzene rings is 3. The van der Waals surface area contributed by atoms with Crippen LogP contribution in [0.15, 0.2) is 91.0 Å². The topological polar surface area (TPSA) is 0 Å². The van der Waals surface area contributed by atoms with Gasteiger partial charge in [-0.1, -0.05) is 84.9 Å². The minimum atomic E-state index is -4.29. The van der Waals surface area contributed by atoms with Crippen LogP contribution in [0.2, 0.25) is 0 Å². The van der Waals surface area contributed by atoms with Gasteiger partial charge >= 0.3 is 6.18 Å². The Morgan fingerprint density at radius 1 is 0.778 bits per heavy atom. The standard InChI is InChI=1S/C23H19F3S/c24-23(25,26)21-14-11-19(12-15-21)17-27-22(20-9-5-2-6-10-20)16-13-18-7-3-1-4-8-18/h1-16,22H,17H2/b16-13+. The molecule has 0 aliphatic rings. The summed E-state index contributed by atoms with van der Waals surface area (Å²) in [5.74, 6) is 0.636. The first kappa shape index (κ1) is 19.3. The molecular weight excluding hydrogens is 365 g/mol. The van der Waals surface area contributed by atoms with E-state index in [9.17, 15) is 13.2 Å². The lowest BCUT2D eigenvalue weighted by Gasteiger charge is -2.14. The first-order valence-electron chi connectivity index (χ1n) is 8.58. The normalized spacial score (nSPS) is 13.0. The highest BCUT2D eigenvalue weighted by Gasteiger charge is 2.29. The molecule has 3 aromatic carbocycles. The average molecular weight is 384 g/mol. The third-order valence-electron chi connectivity index (χ3n) is 4.10. The summed E-state index contributed by atoms with van der Waals surface area (Å²) in [6.45, 7) is 0. The number of rotatable bonds is 6. The molecule has 0 N–H and O–H groups in total. The van der Waals surface area contributed by atoms with Crippen LogP contribution in [0.25, 0.3) is 6.08 Å². The van der Waals surface area contributed by atoms with Crippen LogP contribution in [-0.2, 0) is 11.9 Å². The van der Waals surface area contributed by atoms with Crippen LogP contribution in [-0.4, -0.2) is 0 Å². The van der Waals surface area contributed by atoms with Crippen molar-refractivity contribution in [3.63, 3.8) is 0 Å². The summed E-state index contributed by atoms with van der Waals surface area (Å²) in [4.78, 5) is 0.